The highest BCUT2D eigenvalue weighted by atomic mass is 32.1. The van der Waals surface area contributed by atoms with E-state index in [0.717, 1.165) is 0 Å². The van der Waals surface area contributed by atoms with E-state index in [0.29, 0.717) is 45.5 Å². The van der Waals surface area contributed by atoms with Gasteiger partial charge in [0.25, 0.3) is 11.5 Å². The smallest absolute Gasteiger partial charge is 0.267 e. The van der Waals surface area contributed by atoms with Crippen molar-refractivity contribution in [2.45, 2.75) is 13.0 Å². The van der Waals surface area contributed by atoms with E-state index in [1.807, 2.05) is 43.5 Å². The maximum atomic E-state index is 14.0. The Balaban J connectivity index is 1.43. The van der Waals surface area contributed by atoms with Gasteiger partial charge in [-0.2, -0.15) is 5.10 Å². The first-order valence-electron chi connectivity index (χ1n) is 12.1. The van der Waals surface area contributed by atoms with Crippen LogP contribution < -0.4 is 21.9 Å². The highest BCUT2D eigenvalue weighted by Crippen LogP contribution is 2.28. The normalized spacial score (nSPS) is 12.9. The molecule has 1 aliphatic rings. The van der Waals surface area contributed by atoms with Gasteiger partial charge in [0.2, 0.25) is 0 Å². The highest BCUT2D eigenvalue weighted by molar-refractivity contribution is 7.15. The van der Waals surface area contributed by atoms with Gasteiger partial charge >= 0.3 is 0 Å². The van der Waals surface area contributed by atoms with Crippen molar-refractivity contribution in [3.63, 3.8) is 0 Å². The van der Waals surface area contributed by atoms with Crippen molar-refractivity contribution in [3.8, 4) is 23.0 Å². The lowest BCUT2D eigenvalue weighted by molar-refractivity contribution is 0.0941. The van der Waals surface area contributed by atoms with Crippen LogP contribution in [0.4, 0.5) is 11.6 Å². The molecule has 0 aliphatic carbocycles. The second-order valence-corrected chi connectivity index (χ2v) is 9.76. The summed E-state index contributed by atoms with van der Waals surface area (Å²) >= 11 is 1.30. The largest absolute Gasteiger partial charge is 0.381 e. The monoisotopic (exact) mass is 537 g/mol. The first-order chi connectivity index (χ1) is 18.9. The van der Waals surface area contributed by atoms with Gasteiger partial charge in [0.05, 0.1) is 17.3 Å². The van der Waals surface area contributed by atoms with Gasteiger partial charge in [0.15, 0.2) is 10.8 Å². The van der Waals surface area contributed by atoms with Crippen LogP contribution in [0.25, 0.3) is 22.3 Å². The van der Waals surface area contributed by atoms with Crippen molar-refractivity contribution in [2.75, 3.05) is 17.6 Å². The minimum absolute atomic E-state index is 0.106. The summed E-state index contributed by atoms with van der Waals surface area (Å²) in [6.45, 7) is 2.34. The molecule has 0 bridgehead atoms. The minimum atomic E-state index is -0.621. The number of nitrogens with zero attached hydrogens (tertiary/aromatic N) is 6. The molecule has 194 valence electrons. The van der Waals surface area contributed by atoms with Crippen LogP contribution in [0.2, 0.25) is 0 Å². The molecule has 4 N–H and O–H groups in total. The number of thiazole rings is 1. The molecule has 39 heavy (non-hydrogen) atoms. The Hall–Kier alpha value is -5.15. The molecule has 4 aromatic heterocycles. The minimum Gasteiger partial charge on any atom is -0.381 e. The lowest BCUT2D eigenvalue weighted by atomic mass is 10.0. The van der Waals surface area contributed by atoms with Crippen LogP contribution in [0.3, 0.4) is 0 Å². The van der Waals surface area contributed by atoms with Gasteiger partial charge in [-0.05, 0) is 36.5 Å². The SMILES string of the molecule is CC(NC(=O)c1c(N)nn2c1NCC=C2)c1nc2scc(C#Cc3ccn(C)n3)n2c(=O)c1-c1ccccc1. The van der Waals surface area contributed by atoms with Crippen molar-refractivity contribution in [2.24, 2.45) is 7.05 Å². The number of nitrogens with one attached hydrogen (secondary N) is 2. The maximum absolute atomic E-state index is 14.0. The van der Waals surface area contributed by atoms with Crippen molar-refractivity contribution in [1.82, 2.24) is 34.3 Å². The zero-order valence-electron chi connectivity index (χ0n) is 21.0. The number of benzene rings is 1. The third kappa shape index (κ3) is 4.34. The molecule has 11 nitrogen and oxygen atoms in total. The molecule has 0 radical (unpaired) electrons. The molecule has 1 amide bonds. The lowest BCUT2D eigenvalue weighted by Crippen LogP contribution is -2.31. The predicted molar refractivity (Wildman–Crippen MR) is 150 cm³/mol. The molecule has 1 aromatic carbocycles. The van der Waals surface area contributed by atoms with Crippen LogP contribution in [0, 0.1) is 11.8 Å². The summed E-state index contributed by atoms with van der Waals surface area (Å²) in [6.07, 6.45) is 5.43. The fraction of sp³-hybridized carbons (Fsp3) is 0.148. The zero-order valence-corrected chi connectivity index (χ0v) is 21.9. The third-order valence-electron chi connectivity index (χ3n) is 6.25. The standard InChI is InChI=1S/C27H23N9O2S/c1-16(30-25(37)21-23(28)33-35-13-6-12-29-24(21)35)22-20(17-7-4-3-5-8-17)26(38)36-19(15-39-27(36)31-22)10-9-18-11-14-34(2)32-18/h3-8,11,13-16,29H,12H2,1-2H3,(H2,28,33)(H,30,37). The first kappa shape index (κ1) is 24.2. The first-order valence-corrected chi connectivity index (χ1v) is 13.0. The summed E-state index contributed by atoms with van der Waals surface area (Å²) in [5, 5.41) is 16.4. The second-order valence-electron chi connectivity index (χ2n) is 8.92. The van der Waals surface area contributed by atoms with Crippen LogP contribution in [0.15, 0.2) is 58.8 Å². The Bertz CT molecular complexity index is 1880. The maximum Gasteiger partial charge on any atom is 0.267 e. The summed E-state index contributed by atoms with van der Waals surface area (Å²) in [5.74, 6) is 6.26. The molecule has 0 fully saturated rings. The van der Waals surface area contributed by atoms with Gasteiger partial charge in [0, 0.05) is 31.4 Å². The van der Waals surface area contributed by atoms with Crippen LogP contribution in [0.5, 0.6) is 0 Å². The van der Waals surface area contributed by atoms with Crippen molar-refractivity contribution in [1.29, 1.82) is 0 Å². The number of aryl methyl sites for hydroxylation is 1. The fourth-order valence-electron chi connectivity index (χ4n) is 4.45. The van der Waals surface area contributed by atoms with Gasteiger partial charge < -0.3 is 16.4 Å². The van der Waals surface area contributed by atoms with Crippen LogP contribution in [-0.4, -0.2) is 41.4 Å². The fourth-order valence-corrected chi connectivity index (χ4v) is 5.27. The van der Waals surface area contributed by atoms with E-state index in [2.05, 4.69) is 32.7 Å². The number of aromatic nitrogens is 6. The van der Waals surface area contributed by atoms with E-state index < -0.39 is 11.9 Å². The Kier molecular flexibility index (Phi) is 5.97. The average molecular weight is 538 g/mol. The average Bonchev–Trinajstić information content (AvgIpc) is 3.63. The molecule has 5 aromatic rings. The van der Waals surface area contributed by atoms with E-state index in [4.69, 9.17) is 10.7 Å². The van der Waals surface area contributed by atoms with Gasteiger partial charge in [-0.3, -0.25) is 14.3 Å². The van der Waals surface area contributed by atoms with Gasteiger partial charge in [-0.15, -0.1) is 16.4 Å². The number of rotatable bonds is 4. The molecule has 1 aliphatic heterocycles. The number of carbonyl (C=O) groups excluding carboxylic acids is 1. The Labute approximate surface area is 226 Å². The van der Waals surface area contributed by atoms with Crippen LogP contribution in [-0.2, 0) is 7.05 Å². The Morgan fingerprint density at radius 1 is 1.21 bits per heavy atom. The molecule has 0 saturated carbocycles. The summed E-state index contributed by atoms with van der Waals surface area (Å²) in [5.41, 5.74) is 8.66. The van der Waals surface area contributed by atoms with E-state index in [9.17, 15) is 9.59 Å². The number of hydrogen-bond acceptors (Lipinski definition) is 8. The van der Waals surface area contributed by atoms with Gasteiger partial charge in [0.1, 0.15) is 22.8 Å². The number of amides is 1. The molecule has 0 saturated heterocycles. The molecular formula is C27H23N9O2S. The summed E-state index contributed by atoms with van der Waals surface area (Å²) in [7, 11) is 1.82. The third-order valence-corrected chi connectivity index (χ3v) is 7.07. The highest BCUT2D eigenvalue weighted by Gasteiger charge is 2.27. The van der Waals surface area contributed by atoms with E-state index >= 15 is 0 Å². The molecule has 12 heteroatoms. The van der Waals surface area contributed by atoms with E-state index in [1.54, 1.807) is 35.4 Å². The molecule has 1 atom stereocenters. The number of anilines is 2. The topological polar surface area (TPSA) is 137 Å². The quantitative estimate of drug-likeness (QED) is 0.300. The van der Waals surface area contributed by atoms with Crippen molar-refractivity contribution < 1.29 is 4.79 Å². The van der Waals surface area contributed by atoms with E-state index in [-0.39, 0.29) is 16.9 Å². The predicted octanol–water partition coefficient (Wildman–Crippen LogP) is 2.72. The van der Waals surface area contributed by atoms with Gasteiger partial charge in [-0.25, -0.2) is 14.1 Å². The summed E-state index contributed by atoms with van der Waals surface area (Å²) < 4.78 is 4.70. The van der Waals surface area contributed by atoms with Crippen LogP contribution >= 0.6 is 11.3 Å². The molecular weight excluding hydrogens is 514 g/mol. The van der Waals surface area contributed by atoms with Gasteiger partial charge in [-0.1, -0.05) is 30.3 Å². The zero-order chi connectivity index (χ0) is 27.1. The summed E-state index contributed by atoms with van der Waals surface area (Å²) in [6, 6.07) is 10.4. The summed E-state index contributed by atoms with van der Waals surface area (Å²) in [4.78, 5) is 32.7. The molecule has 1 unspecified atom stereocenters. The lowest BCUT2D eigenvalue weighted by Gasteiger charge is -2.18. The number of fused-ring (bicyclic) bond motifs is 2. The number of nitrogens with two attached hydrogens (primary N) is 1. The Morgan fingerprint density at radius 2 is 2.03 bits per heavy atom. The molecule has 5 heterocycles. The number of hydrogen-bond donors (Lipinski definition) is 3. The van der Waals surface area contributed by atoms with Crippen molar-refractivity contribution in [3.05, 3.63) is 87.1 Å². The number of nitrogen functional groups attached to an aromatic ring is 1. The van der Waals surface area contributed by atoms with Crippen molar-refractivity contribution >= 4 is 40.0 Å². The van der Waals surface area contributed by atoms with Crippen LogP contribution in [0.1, 0.15) is 40.4 Å². The number of carbonyl (C=O) groups is 1. The Morgan fingerprint density at radius 3 is 2.79 bits per heavy atom. The molecule has 6 rings (SSSR count). The van der Waals surface area contributed by atoms with E-state index in [1.165, 1.54) is 20.4 Å². The molecule has 0 spiro atoms. The second kappa shape index (κ2) is 9.62.